The summed E-state index contributed by atoms with van der Waals surface area (Å²) < 4.78 is 0. The van der Waals surface area contributed by atoms with Crippen molar-refractivity contribution in [1.29, 1.82) is 0 Å². The van der Waals surface area contributed by atoms with Crippen LogP contribution in [0, 0.1) is 10.1 Å². The average molecular weight is 220 g/mol. The summed E-state index contributed by atoms with van der Waals surface area (Å²) in [7, 11) is 1.61. The van der Waals surface area contributed by atoms with Gasteiger partial charge < -0.3 is 4.90 Å². The summed E-state index contributed by atoms with van der Waals surface area (Å²) in [6.45, 7) is 3.92. The lowest BCUT2D eigenvalue weighted by molar-refractivity contribution is -0.384. The molecule has 0 aliphatic heterocycles. The fourth-order valence-corrected chi connectivity index (χ4v) is 1.25. The second-order valence-electron chi connectivity index (χ2n) is 3.28. The van der Waals surface area contributed by atoms with Gasteiger partial charge in [0.05, 0.1) is 4.92 Å². The van der Waals surface area contributed by atoms with Crippen molar-refractivity contribution in [2.24, 2.45) is 0 Å². The molecule has 1 aromatic rings. The van der Waals surface area contributed by atoms with Crippen molar-refractivity contribution in [2.45, 2.75) is 0 Å². The van der Waals surface area contributed by atoms with Crippen LogP contribution < -0.4 is 0 Å². The monoisotopic (exact) mass is 220 g/mol. The maximum Gasteiger partial charge on any atom is 0.270 e. The third-order valence-corrected chi connectivity index (χ3v) is 2.05. The topological polar surface area (TPSA) is 63.5 Å². The van der Waals surface area contributed by atoms with E-state index >= 15 is 0 Å². The van der Waals surface area contributed by atoms with Gasteiger partial charge in [0.2, 0.25) is 0 Å². The quantitative estimate of drug-likeness (QED) is 0.442. The van der Waals surface area contributed by atoms with Crippen molar-refractivity contribution >= 4 is 11.6 Å². The second kappa shape index (κ2) is 5.06. The van der Waals surface area contributed by atoms with E-state index in [-0.39, 0.29) is 11.6 Å². The lowest BCUT2D eigenvalue weighted by Gasteiger charge is -2.14. The highest BCUT2D eigenvalue weighted by Gasteiger charge is 2.13. The Morgan fingerprint density at radius 3 is 2.88 bits per heavy atom. The van der Waals surface area contributed by atoms with Gasteiger partial charge in [0, 0.05) is 31.3 Å². The Balaban J connectivity index is 2.95. The third kappa shape index (κ3) is 2.66. The molecule has 1 amide bonds. The molecule has 5 heteroatoms. The van der Waals surface area contributed by atoms with Crippen molar-refractivity contribution in [3.8, 4) is 0 Å². The zero-order valence-corrected chi connectivity index (χ0v) is 8.92. The fourth-order valence-electron chi connectivity index (χ4n) is 1.25. The standard InChI is InChI=1S/C11H12N2O3/c1-3-7-12(2)11(14)9-5-4-6-10(8-9)13(15)16/h3-6,8H,1,7H2,2H3. The van der Waals surface area contributed by atoms with Crippen LogP contribution in [0.25, 0.3) is 0 Å². The summed E-state index contributed by atoms with van der Waals surface area (Å²) in [5.74, 6) is -0.261. The van der Waals surface area contributed by atoms with E-state index in [4.69, 9.17) is 0 Å². The lowest BCUT2D eigenvalue weighted by atomic mass is 10.2. The van der Waals surface area contributed by atoms with Crippen LogP contribution in [0.4, 0.5) is 5.69 Å². The van der Waals surface area contributed by atoms with Crippen LogP contribution in [-0.4, -0.2) is 29.3 Å². The first-order chi connectivity index (χ1) is 7.56. The number of nitrogens with zero attached hydrogens (tertiary/aromatic N) is 2. The van der Waals surface area contributed by atoms with E-state index in [1.54, 1.807) is 19.2 Å². The van der Waals surface area contributed by atoms with Crippen LogP contribution in [-0.2, 0) is 0 Å². The van der Waals surface area contributed by atoms with Crippen LogP contribution in [0.2, 0.25) is 0 Å². The maximum atomic E-state index is 11.8. The van der Waals surface area contributed by atoms with Gasteiger partial charge in [-0.05, 0) is 6.07 Å². The number of rotatable bonds is 4. The van der Waals surface area contributed by atoms with Gasteiger partial charge in [-0.15, -0.1) is 6.58 Å². The Morgan fingerprint density at radius 2 is 2.31 bits per heavy atom. The lowest BCUT2D eigenvalue weighted by Crippen LogP contribution is -2.26. The van der Waals surface area contributed by atoms with Crippen molar-refractivity contribution < 1.29 is 9.72 Å². The van der Waals surface area contributed by atoms with Crippen molar-refractivity contribution in [3.63, 3.8) is 0 Å². The van der Waals surface area contributed by atoms with Gasteiger partial charge in [0.25, 0.3) is 11.6 Å². The second-order valence-corrected chi connectivity index (χ2v) is 3.28. The molecule has 0 atom stereocenters. The predicted molar refractivity (Wildman–Crippen MR) is 60.3 cm³/mol. The van der Waals surface area contributed by atoms with Gasteiger partial charge in [-0.1, -0.05) is 12.1 Å². The van der Waals surface area contributed by atoms with Gasteiger partial charge in [-0.3, -0.25) is 14.9 Å². The van der Waals surface area contributed by atoms with Gasteiger partial charge >= 0.3 is 0 Å². The predicted octanol–water partition coefficient (Wildman–Crippen LogP) is 1.85. The summed E-state index contributed by atoms with van der Waals surface area (Å²) in [4.78, 5) is 23.2. The molecule has 0 aromatic heterocycles. The molecule has 16 heavy (non-hydrogen) atoms. The number of hydrogen-bond donors (Lipinski definition) is 0. The van der Waals surface area contributed by atoms with Gasteiger partial charge in [-0.2, -0.15) is 0 Å². The molecule has 0 saturated carbocycles. The molecule has 84 valence electrons. The maximum absolute atomic E-state index is 11.8. The molecule has 0 bridgehead atoms. The number of hydrogen-bond acceptors (Lipinski definition) is 3. The van der Waals surface area contributed by atoms with E-state index in [1.807, 2.05) is 0 Å². The first-order valence-corrected chi connectivity index (χ1v) is 4.67. The Morgan fingerprint density at radius 1 is 1.62 bits per heavy atom. The molecule has 0 fully saturated rings. The van der Waals surface area contributed by atoms with Gasteiger partial charge in [0.15, 0.2) is 0 Å². The molecule has 0 unspecified atom stereocenters. The van der Waals surface area contributed by atoms with E-state index in [0.717, 1.165) is 0 Å². The molecule has 0 spiro atoms. The third-order valence-electron chi connectivity index (χ3n) is 2.05. The zero-order chi connectivity index (χ0) is 12.1. The number of non-ortho nitro benzene ring substituents is 1. The highest BCUT2D eigenvalue weighted by molar-refractivity contribution is 5.94. The molecule has 1 aromatic carbocycles. The average Bonchev–Trinajstić information content (AvgIpc) is 2.28. The Hall–Kier alpha value is -2.17. The van der Waals surface area contributed by atoms with E-state index in [0.29, 0.717) is 12.1 Å². The van der Waals surface area contributed by atoms with Crippen molar-refractivity contribution in [3.05, 3.63) is 52.6 Å². The van der Waals surface area contributed by atoms with Crippen molar-refractivity contribution in [1.82, 2.24) is 4.90 Å². The molecular weight excluding hydrogens is 208 g/mol. The van der Waals surface area contributed by atoms with E-state index in [9.17, 15) is 14.9 Å². The first kappa shape index (κ1) is 11.9. The fraction of sp³-hybridized carbons (Fsp3) is 0.182. The molecule has 0 heterocycles. The minimum absolute atomic E-state index is 0.0853. The minimum Gasteiger partial charge on any atom is -0.338 e. The number of nitro groups is 1. The van der Waals surface area contributed by atoms with Crippen LogP contribution >= 0.6 is 0 Å². The Bertz CT molecular complexity index is 429. The van der Waals surface area contributed by atoms with Crippen LogP contribution in [0.1, 0.15) is 10.4 Å². The minimum atomic E-state index is -0.524. The molecule has 0 saturated heterocycles. The Labute approximate surface area is 93.1 Å². The van der Waals surface area contributed by atoms with E-state index in [1.165, 1.54) is 23.1 Å². The Kier molecular flexibility index (Phi) is 3.77. The summed E-state index contributed by atoms with van der Waals surface area (Å²) in [6.07, 6.45) is 1.59. The van der Waals surface area contributed by atoms with Crippen LogP contribution in [0.15, 0.2) is 36.9 Å². The van der Waals surface area contributed by atoms with Gasteiger partial charge in [0.1, 0.15) is 0 Å². The molecule has 5 nitrogen and oxygen atoms in total. The number of amides is 1. The largest absolute Gasteiger partial charge is 0.338 e. The number of carbonyl (C=O) groups excluding carboxylic acids is 1. The highest BCUT2D eigenvalue weighted by atomic mass is 16.6. The van der Waals surface area contributed by atoms with Crippen molar-refractivity contribution in [2.75, 3.05) is 13.6 Å². The summed E-state index contributed by atoms with van der Waals surface area (Å²) in [6, 6.07) is 5.66. The molecule has 0 radical (unpaired) electrons. The normalized spacial score (nSPS) is 9.56. The van der Waals surface area contributed by atoms with E-state index in [2.05, 4.69) is 6.58 Å². The van der Waals surface area contributed by atoms with Gasteiger partial charge in [-0.25, -0.2) is 0 Å². The molecule has 0 aliphatic carbocycles. The summed E-state index contributed by atoms with van der Waals surface area (Å²) in [5, 5.41) is 10.5. The first-order valence-electron chi connectivity index (χ1n) is 4.67. The number of nitro benzene ring substituents is 1. The zero-order valence-electron chi connectivity index (χ0n) is 8.92. The van der Waals surface area contributed by atoms with Crippen LogP contribution in [0.3, 0.4) is 0 Å². The SMILES string of the molecule is C=CCN(C)C(=O)c1cccc([N+](=O)[O-])c1. The summed E-state index contributed by atoms with van der Waals surface area (Å²) >= 11 is 0. The number of benzene rings is 1. The number of likely N-dealkylation sites (N-methyl/N-ethyl adjacent to an activating group) is 1. The smallest absolute Gasteiger partial charge is 0.270 e. The molecule has 0 aliphatic rings. The molecule has 0 N–H and O–H groups in total. The number of carbonyl (C=O) groups is 1. The summed E-state index contributed by atoms with van der Waals surface area (Å²) in [5.41, 5.74) is 0.219. The van der Waals surface area contributed by atoms with E-state index < -0.39 is 4.92 Å². The molecular formula is C11H12N2O3. The van der Waals surface area contributed by atoms with Crippen LogP contribution in [0.5, 0.6) is 0 Å². The highest BCUT2D eigenvalue weighted by Crippen LogP contribution is 2.14. The molecule has 1 rings (SSSR count).